The summed E-state index contributed by atoms with van der Waals surface area (Å²) in [5, 5.41) is 7.36. The second kappa shape index (κ2) is 11.5. The van der Waals surface area contributed by atoms with Crippen LogP contribution in [0, 0.1) is 0 Å². The van der Waals surface area contributed by atoms with Crippen LogP contribution in [-0.2, 0) is 0 Å². The molecular formula is C48H30N2OS. The van der Waals surface area contributed by atoms with Crippen LogP contribution in [-0.4, -0.2) is 9.13 Å². The van der Waals surface area contributed by atoms with Crippen LogP contribution < -0.4 is 4.74 Å². The molecule has 8 aromatic carbocycles. The van der Waals surface area contributed by atoms with Gasteiger partial charge in [0.15, 0.2) is 0 Å². The van der Waals surface area contributed by atoms with Gasteiger partial charge in [-0.2, -0.15) is 0 Å². The van der Waals surface area contributed by atoms with Gasteiger partial charge in [0.25, 0.3) is 0 Å². The van der Waals surface area contributed by atoms with Gasteiger partial charge in [0, 0.05) is 53.1 Å². The van der Waals surface area contributed by atoms with Crippen molar-refractivity contribution in [3.05, 3.63) is 182 Å². The molecule has 3 nitrogen and oxygen atoms in total. The number of nitrogens with zero attached hydrogens (tertiary/aromatic N) is 2. The van der Waals surface area contributed by atoms with Crippen LogP contribution in [0.1, 0.15) is 0 Å². The topological polar surface area (TPSA) is 19.1 Å². The molecule has 244 valence electrons. The summed E-state index contributed by atoms with van der Waals surface area (Å²) in [6.07, 6.45) is 0. The molecule has 0 unspecified atom stereocenters. The Kier molecular flexibility index (Phi) is 6.42. The summed E-state index contributed by atoms with van der Waals surface area (Å²) >= 11 is 1.86. The van der Waals surface area contributed by atoms with Gasteiger partial charge in [-0.15, -0.1) is 11.3 Å². The zero-order valence-electron chi connectivity index (χ0n) is 28.0. The molecule has 52 heavy (non-hydrogen) atoms. The lowest BCUT2D eigenvalue weighted by Gasteiger charge is -2.11. The fourth-order valence-electron chi connectivity index (χ4n) is 8.03. The maximum Gasteiger partial charge on any atom is 0.128 e. The largest absolute Gasteiger partial charge is 0.457 e. The fourth-order valence-corrected chi connectivity index (χ4v) is 9.12. The van der Waals surface area contributed by atoms with Gasteiger partial charge in [0.1, 0.15) is 11.5 Å². The maximum atomic E-state index is 6.64. The molecule has 0 aliphatic heterocycles. The van der Waals surface area contributed by atoms with Gasteiger partial charge in [0.2, 0.25) is 0 Å². The van der Waals surface area contributed by atoms with E-state index in [0.29, 0.717) is 0 Å². The lowest BCUT2D eigenvalue weighted by molar-refractivity contribution is 0.484. The fraction of sp³-hybridized carbons (Fsp3) is 0. The number of para-hydroxylation sites is 3. The minimum Gasteiger partial charge on any atom is -0.457 e. The van der Waals surface area contributed by atoms with Crippen molar-refractivity contribution >= 4 is 75.1 Å². The average molecular weight is 683 g/mol. The number of benzene rings is 8. The summed E-state index contributed by atoms with van der Waals surface area (Å²) < 4.78 is 14.0. The number of hydrogen-bond donors (Lipinski definition) is 0. The molecule has 4 heteroatoms. The van der Waals surface area contributed by atoms with E-state index >= 15 is 0 Å². The van der Waals surface area contributed by atoms with E-state index in [4.69, 9.17) is 4.74 Å². The highest BCUT2D eigenvalue weighted by atomic mass is 32.1. The molecule has 0 aliphatic carbocycles. The van der Waals surface area contributed by atoms with Gasteiger partial charge in [0.05, 0.1) is 22.1 Å². The zero-order valence-corrected chi connectivity index (χ0v) is 28.8. The van der Waals surface area contributed by atoms with Gasteiger partial charge in [-0.3, -0.25) is 0 Å². The zero-order chi connectivity index (χ0) is 34.2. The summed E-state index contributed by atoms with van der Waals surface area (Å²) in [7, 11) is 0. The number of ether oxygens (including phenoxy) is 1. The van der Waals surface area contributed by atoms with E-state index < -0.39 is 0 Å². The predicted molar refractivity (Wildman–Crippen MR) is 220 cm³/mol. The Morgan fingerprint density at radius 3 is 1.58 bits per heavy atom. The third-order valence-corrected chi connectivity index (χ3v) is 11.5. The molecule has 0 radical (unpaired) electrons. The number of aromatic nitrogens is 2. The molecule has 0 saturated carbocycles. The molecule has 0 saturated heterocycles. The van der Waals surface area contributed by atoms with E-state index in [1.807, 2.05) is 11.3 Å². The molecule has 0 fully saturated rings. The normalized spacial score (nSPS) is 11.8. The van der Waals surface area contributed by atoms with E-state index in [1.165, 1.54) is 58.5 Å². The quantitative estimate of drug-likeness (QED) is 0.177. The first-order valence-corrected chi connectivity index (χ1v) is 18.4. The third-order valence-electron chi connectivity index (χ3n) is 10.4. The van der Waals surface area contributed by atoms with Gasteiger partial charge in [-0.1, -0.05) is 91.0 Å². The van der Waals surface area contributed by atoms with Crippen LogP contribution in [0.15, 0.2) is 182 Å². The van der Waals surface area contributed by atoms with E-state index in [0.717, 1.165) is 39.3 Å². The predicted octanol–water partition coefficient (Wildman–Crippen LogP) is 13.7. The highest BCUT2D eigenvalue weighted by molar-refractivity contribution is 7.25. The molecule has 3 heterocycles. The Bertz CT molecular complexity index is 3160. The Labute approximate surface area is 303 Å². The lowest BCUT2D eigenvalue weighted by Crippen LogP contribution is -1.94. The van der Waals surface area contributed by atoms with Crippen LogP contribution in [0.25, 0.3) is 86.3 Å². The first kappa shape index (κ1) is 29.1. The van der Waals surface area contributed by atoms with Gasteiger partial charge in [-0.25, -0.2) is 0 Å². The summed E-state index contributed by atoms with van der Waals surface area (Å²) in [5.74, 6) is 1.63. The Morgan fingerprint density at radius 2 is 0.865 bits per heavy atom. The second-order valence-corrected chi connectivity index (χ2v) is 14.4. The third kappa shape index (κ3) is 4.51. The number of hydrogen-bond acceptors (Lipinski definition) is 2. The Balaban J connectivity index is 0.998. The summed E-state index contributed by atoms with van der Waals surface area (Å²) in [6.45, 7) is 0. The van der Waals surface area contributed by atoms with Gasteiger partial charge >= 0.3 is 0 Å². The second-order valence-electron chi connectivity index (χ2n) is 13.4. The summed E-state index contributed by atoms with van der Waals surface area (Å²) in [4.78, 5) is 0. The van der Waals surface area contributed by atoms with Crippen molar-refractivity contribution in [2.75, 3.05) is 0 Å². The van der Waals surface area contributed by atoms with Crippen molar-refractivity contribution in [2.24, 2.45) is 0 Å². The minimum absolute atomic E-state index is 0.812. The van der Waals surface area contributed by atoms with Crippen LogP contribution in [0.2, 0.25) is 0 Å². The summed E-state index contributed by atoms with van der Waals surface area (Å²) in [6, 6.07) is 65.2. The highest BCUT2D eigenvalue weighted by Gasteiger charge is 2.16. The molecule has 0 atom stereocenters. The van der Waals surface area contributed by atoms with E-state index in [9.17, 15) is 0 Å². The summed E-state index contributed by atoms with van der Waals surface area (Å²) in [5.41, 5.74) is 9.35. The van der Waals surface area contributed by atoms with E-state index in [1.54, 1.807) is 0 Å². The molecule has 0 N–H and O–H groups in total. The molecule has 0 bridgehead atoms. The first-order chi connectivity index (χ1) is 25.8. The van der Waals surface area contributed by atoms with Crippen molar-refractivity contribution in [3.8, 4) is 34.0 Å². The van der Waals surface area contributed by atoms with E-state index in [2.05, 4.69) is 191 Å². The Morgan fingerprint density at radius 1 is 0.327 bits per heavy atom. The minimum atomic E-state index is 0.812. The number of thiophene rings is 1. The van der Waals surface area contributed by atoms with Crippen molar-refractivity contribution in [3.63, 3.8) is 0 Å². The molecule has 11 rings (SSSR count). The van der Waals surface area contributed by atoms with Crippen molar-refractivity contribution < 1.29 is 4.74 Å². The standard InChI is InChI=1S/C48H30N2OS/c1-2-12-33(13-3-1)49-43-18-7-4-15-37(43)40-29-35(22-24-45(40)49)51-36-23-25-46-41(30-36)38-16-5-8-19-44(38)50(46)34-14-10-11-31(27-34)32-21-26-48-42(28-32)39-17-6-9-20-47(39)52-48/h1-30H. The maximum absolute atomic E-state index is 6.64. The molecular weight excluding hydrogens is 653 g/mol. The van der Waals surface area contributed by atoms with Crippen molar-refractivity contribution in [2.45, 2.75) is 0 Å². The SMILES string of the molecule is c1ccc(-n2c3ccccc3c3cc(Oc4ccc5c(c4)c4ccccc4n5-c4cccc(-c5ccc6sc7ccccc7c6c5)c4)ccc32)cc1. The lowest BCUT2D eigenvalue weighted by atomic mass is 10.0. The first-order valence-electron chi connectivity index (χ1n) is 17.6. The monoisotopic (exact) mass is 682 g/mol. The van der Waals surface area contributed by atoms with Gasteiger partial charge in [-0.05, 0) is 102 Å². The van der Waals surface area contributed by atoms with Crippen LogP contribution in [0.4, 0.5) is 0 Å². The molecule has 0 aliphatic rings. The van der Waals surface area contributed by atoms with E-state index in [-0.39, 0.29) is 0 Å². The van der Waals surface area contributed by atoms with Crippen LogP contribution in [0.3, 0.4) is 0 Å². The number of fused-ring (bicyclic) bond motifs is 9. The van der Waals surface area contributed by atoms with Crippen molar-refractivity contribution in [1.82, 2.24) is 9.13 Å². The van der Waals surface area contributed by atoms with Crippen LogP contribution >= 0.6 is 11.3 Å². The molecule has 0 spiro atoms. The average Bonchev–Trinajstić information content (AvgIpc) is 3.85. The van der Waals surface area contributed by atoms with Crippen molar-refractivity contribution in [1.29, 1.82) is 0 Å². The Hall–Kier alpha value is -6.62. The molecule has 0 amide bonds. The highest BCUT2D eigenvalue weighted by Crippen LogP contribution is 2.40. The van der Waals surface area contributed by atoms with Crippen LogP contribution in [0.5, 0.6) is 11.5 Å². The molecule has 11 aromatic rings. The molecule has 3 aromatic heterocycles. The smallest absolute Gasteiger partial charge is 0.128 e. The number of rotatable bonds is 5. The van der Waals surface area contributed by atoms with Gasteiger partial charge < -0.3 is 13.9 Å².